The second-order valence-corrected chi connectivity index (χ2v) is 8.01. The number of halogens is 1. The van der Waals surface area contributed by atoms with Crippen molar-refractivity contribution in [1.82, 2.24) is 34.3 Å². The molecule has 4 aromatic heterocycles. The van der Waals surface area contributed by atoms with Crippen molar-refractivity contribution in [3.8, 4) is 5.69 Å². The van der Waals surface area contributed by atoms with E-state index in [4.69, 9.17) is 0 Å². The van der Waals surface area contributed by atoms with E-state index in [-0.39, 0.29) is 16.8 Å². The quantitative estimate of drug-likeness (QED) is 0.406. The van der Waals surface area contributed by atoms with Gasteiger partial charge in [0.25, 0.3) is 11.5 Å². The number of aryl methyl sites for hydroxylation is 2. The molecule has 0 saturated heterocycles. The lowest BCUT2D eigenvalue weighted by molar-refractivity contribution is 0.0949. The Labute approximate surface area is 187 Å². The van der Waals surface area contributed by atoms with Crippen LogP contribution in [0.15, 0.2) is 41.7 Å². The number of amides is 1. The van der Waals surface area contributed by atoms with E-state index in [1.807, 2.05) is 6.92 Å². The highest BCUT2D eigenvalue weighted by atomic mass is 19.1. The number of rotatable bonds is 6. The Morgan fingerprint density at radius 3 is 2.67 bits per heavy atom. The fraction of sp³-hybridized carbons (Fsp3) is 0.286. The summed E-state index contributed by atoms with van der Waals surface area (Å²) in [5.74, 6) is 0.449. The van der Waals surface area contributed by atoms with Gasteiger partial charge in [0, 0.05) is 39.0 Å². The van der Waals surface area contributed by atoms with Crippen molar-refractivity contribution >= 4 is 28.9 Å². The van der Waals surface area contributed by atoms with Crippen molar-refractivity contribution in [2.45, 2.75) is 25.6 Å². The highest BCUT2D eigenvalue weighted by Crippen LogP contribution is 2.26. The summed E-state index contributed by atoms with van der Waals surface area (Å²) in [4.78, 5) is 30.3. The third-order valence-corrected chi connectivity index (χ3v) is 5.39. The van der Waals surface area contributed by atoms with Crippen LogP contribution in [0.1, 0.15) is 22.3 Å². The molecule has 1 saturated carbocycles. The number of carbonyl (C=O) groups excluding carboxylic acids is 1. The molecule has 0 bridgehead atoms. The molecule has 0 spiro atoms. The molecule has 0 unspecified atom stereocenters. The molecule has 11 nitrogen and oxygen atoms in total. The number of hydrogen-bond donors (Lipinski definition) is 3. The van der Waals surface area contributed by atoms with E-state index >= 15 is 0 Å². The Hall–Kier alpha value is -4.22. The lowest BCUT2D eigenvalue weighted by Gasteiger charge is -2.12. The van der Waals surface area contributed by atoms with Gasteiger partial charge in [-0.05, 0) is 18.6 Å². The molecule has 4 heterocycles. The number of pyridine rings is 1. The second-order valence-electron chi connectivity index (χ2n) is 8.01. The molecule has 1 amide bonds. The Bertz CT molecular complexity index is 1440. The average Bonchev–Trinajstić information content (AvgIpc) is 3.15. The van der Waals surface area contributed by atoms with Crippen LogP contribution in [0.3, 0.4) is 0 Å². The van der Waals surface area contributed by atoms with Crippen LogP contribution in [0, 0.1) is 6.92 Å². The van der Waals surface area contributed by atoms with Gasteiger partial charge in [0.05, 0.1) is 24.1 Å². The summed E-state index contributed by atoms with van der Waals surface area (Å²) in [7, 11) is 3.48. The number of fused-ring (bicyclic) bond motifs is 1. The number of anilines is 3. The van der Waals surface area contributed by atoms with E-state index in [0.717, 1.165) is 5.56 Å². The van der Waals surface area contributed by atoms with E-state index < -0.39 is 18.1 Å². The van der Waals surface area contributed by atoms with Crippen molar-refractivity contribution in [3.63, 3.8) is 0 Å². The molecule has 12 heteroatoms. The fourth-order valence-corrected chi connectivity index (χ4v) is 3.60. The van der Waals surface area contributed by atoms with Crippen LogP contribution in [-0.4, -0.2) is 54.1 Å². The lowest BCUT2D eigenvalue weighted by Crippen LogP contribution is -2.27. The minimum absolute atomic E-state index is 0.214. The second kappa shape index (κ2) is 7.73. The largest absolute Gasteiger partial charge is 0.373 e. The van der Waals surface area contributed by atoms with Gasteiger partial charge in [-0.2, -0.15) is 14.7 Å². The van der Waals surface area contributed by atoms with Crippen LogP contribution in [0.2, 0.25) is 0 Å². The SMILES string of the molecule is CNc1cc(Nc2cc(C)cn(-c3cnn(C)c3)c2=O)nc2c(C(=O)N[C@H]3C[C@H]3F)cnn12. The van der Waals surface area contributed by atoms with E-state index in [2.05, 4.69) is 31.1 Å². The number of carbonyl (C=O) groups is 1. The molecule has 2 atom stereocenters. The molecule has 0 aliphatic heterocycles. The van der Waals surface area contributed by atoms with Gasteiger partial charge >= 0.3 is 0 Å². The summed E-state index contributed by atoms with van der Waals surface area (Å²) < 4.78 is 17.8. The zero-order valence-corrected chi connectivity index (χ0v) is 18.2. The fourth-order valence-electron chi connectivity index (χ4n) is 3.60. The highest BCUT2D eigenvalue weighted by molar-refractivity contribution is 6.00. The number of nitrogens with one attached hydrogen (secondary N) is 3. The minimum atomic E-state index is -1.02. The topological polar surface area (TPSA) is 123 Å². The van der Waals surface area contributed by atoms with Crippen LogP contribution in [0.4, 0.5) is 21.7 Å². The van der Waals surface area contributed by atoms with Crippen molar-refractivity contribution in [3.05, 3.63) is 58.4 Å². The number of hydrogen-bond acceptors (Lipinski definition) is 7. The lowest BCUT2D eigenvalue weighted by atomic mass is 10.2. The van der Waals surface area contributed by atoms with Crippen LogP contribution < -0.4 is 21.5 Å². The molecular weight excluding hydrogens is 429 g/mol. The summed E-state index contributed by atoms with van der Waals surface area (Å²) >= 11 is 0. The summed E-state index contributed by atoms with van der Waals surface area (Å²) in [6, 6.07) is 2.92. The minimum Gasteiger partial charge on any atom is -0.373 e. The molecule has 170 valence electrons. The van der Waals surface area contributed by atoms with Gasteiger partial charge in [-0.1, -0.05) is 0 Å². The van der Waals surface area contributed by atoms with E-state index in [1.54, 1.807) is 49.5 Å². The van der Waals surface area contributed by atoms with E-state index in [1.165, 1.54) is 15.3 Å². The van der Waals surface area contributed by atoms with Crippen LogP contribution >= 0.6 is 0 Å². The van der Waals surface area contributed by atoms with Crippen LogP contribution in [0.25, 0.3) is 11.3 Å². The zero-order chi connectivity index (χ0) is 23.3. The van der Waals surface area contributed by atoms with E-state index in [0.29, 0.717) is 29.4 Å². The maximum absolute atomic E-state index is 13.2. The number of alkyl halides is 1. The van der Waals surface area contributed by atoms with Crippen molar-refractivity contribution < 1.29 is 9.18 Å². The highest BCUT2D eigenvalue weighted by Gasteiger charge is 2.39. The molecule has 0 radical (unpaired) electrons. The van der Waals surface area contributed by atoms with Gasteiger partial charge in [-0.25, -0.2) is 9.37 Å². The Kier molecular flexibility index (Phi) is 4.84. The first kappa shape index (κ1) is 20.7. The molecule has 0 aromatic carbocycles. The Morgan fingerprint density at radius 1 is 1.21 bits per heavy atom. The molecule has 1 aliphatic carbocycles. The van der Waals surface area contributed by atoms with Crippen molar-refractivity contribution in [2.24, 2.45) is 7.05 Å². The maximum atomic E-state index is 13.2. The van der Waals surface area contributed by atoms with Crippen molar-refractivity contribution in [2.75, 3.05) is 17.7 Å². The molecular formula is C21H22FN9O2. The summed E-state index contributed by atoms with van der Waals surface area (Å²) in [5, 5.41) is 17.1. The van der Waals surface area contributed by atoms with Gasteiger partial charge in [-0.3, -0.25) is 18.8 Å². The smallest absolute Gasteiger partial charge is 0.278 e. The standard InChI is InChI=1S/C21H22FN9O2/c1-11-4-16(21(33)30(9-11)12-7-24-29(3)10-12)26-17-6-18(23-2)31-19(28-17)13(8-25-31)20(32)27-15-5-14(15)22/h4,6-10,14-15,23H,5H2,1-3H3,(H,26,28)(H,27,32)/t14-,15+/m1/s1. The molecule has 5 rings (SSSR count). The predicted octanol–water partition coefficient (Wildman–Crippen LogP) is 1.55. The Balaban J connectivity index is 1.54. The third kappa shape index (κ3) is 3.79. The summed E-state index contributed by atoms with van der Waals surface area (Å²) in [6.07, 6.45) is 5.76. The monoisotopic (exact) mass is 451 g/mol. The predicted molar refractivity (Wildman–Crippen MR) is 120 cm³/mol. The van der Waals surface area contributed by atoms with Gasteiger partial charge < -0.3 is 16.0 Å². The average molecular weight is 451 g/mol. The maximum Gasteiger partial charge on any atom is 0.278 e. The molecule has 1 aliphatic rings. The van der Waals surface area contributed by atoms with Crippen LogP contribution in [0.5, 0.6) is 0 Å². The molecule has 3 N–H and O–H groups in total. The Morgan fingerprint density at radius 2 is 2.00 bits per heavy atom. The molecule has 4 aromatic rings. The number of nitrogens with zero attached hydrogens (tertiary/aromatic N) is 6. The van der Waals surface area contributed by atoms with Crippen molar-refractivity contribution in [1.29, 1.82) is 0 Å². The summed E-state index contributed by atoms with van der Waals surface area (Å²) in [5.41, 5.74) is 2.00. The zero-order valence-electron chi connectivity index (χ0n) is 18.2. The van der Waals surface area contributed by atoms with Gasteiger partial charge in [0.15, 0.2) is 5.65 Å². The van der Waals surface area contributed by atoms with Gasteiger partial charge in [0.1, 0.15) is 29.1 Å². The normalized spacial score (nSPS) is 17.2. The summed E-state index contributed by atoms with van der Waals surface area (Å²) in [6.45, 7) is 1.88. The first-order valence-electron chi connectivity index (χ1n) is 10.3. The van der Waals surface area contributed by atoms with Gasteiger partial charge in [0.2, 0.25) is 0 Å². The number of aromatic nitrogens is 6. The van der Waals surface area contributed by atoms with Gasteiger partial charge in [-0.15, -0.1) is 0 Å². The molecule has 33 heavy (non-hydrogen) atoms. The third-order valence-electron chi connectivity index (χ3n) is 5.39. The first-order chi connectivity index (χ1) is 15.8. The van der Waals surface area contributed by atoms with E-state index in [9.17, 15) is 14.0 Å². The first-order valence-corrected chi connectivity index (χ1v) is 10.3. The molecule has 1 fully saturated rings. The van der Waals surface area contributed by atoms with Crippen LogP contribution in [-0.2, 0) is 7.05 Å².